The van der Waals surface area contributed by atoms with Crippen LogP contribution in [-0.2, 0) is 0 Å². The molecule has 0 atom stereocenters. The topological polar surface area (TPSA) is 98.3 Å². The van der Waals surface area contributed by atoms with Gasteiger partial charge >= 0.3 is 0 Å². The molecule has 0 bridgehead atoms. The molecular weight excluding hydrogens is 321 g/mol. The van der Waals surface area contributed by atoms with E-state index in [1.54, 1.807) is 0 Å². The highest BCUT2D eigenvalue weighted by Gasteiger charge is 2.19. The second kappa shape index (κ2) is 5.94. The first-order valence-corrected chi connectivity index (χ1v) is 6.29. The van der Waals surface area contributed by atoms with Crippen molar-refractivity contribution in [2.75, 3.05) is 5.32 Å². The van der Waals surface area contributed by atoms with Crippen molar-refractivity contribution in [3.63, 3.8) is 0 Å². The van der Waals surface area contributed by atoms with Gasteiger partial charge in [-0.2, -0.15) is 0 Å². The maximum absolute atomic E-state index is 11.0. The normalized spacial score (nSPS) is 10.2. The first-order chi connectivity index (χ1) is 9.88. The van der Waals surface area contributed by atoms with Crippen molar-refractivity contribution in [3.05, 3.63) is 66.7 Å². The molecule has 1 N–H and O–H groups in total. The van der Waals surface area contributed by atoms with Crippen LogP contribution in [0.2, 0.25) is 10.0 Å². The zero-order chi connectivity index (χ0) is 15.6. The molecular formula is C12H7Cl2N3O4. The summed E-state index contributed by atoms with van der Waals surface area (Å²) in [7, 11) is 0. The Bertz CT molecular complexity index is 675. The smallest absolute Gasteiger partial charge is 0.294 e. The summed E-state index contributed by atoms with van der Waals surface area (Å²) in [4.78, 5) is 20.7. The van der Waals surface area contributed by atoms with E-state index in [2.05, 4.69) is 5.32 Å². The quantitative estimate of drug-likeness (QED) is 0.655. The highest BCUT2D eigenvalue weighted by atomic mass is 35.5. The number of hydrogen-bond donors (Lipinski definition) is 1. The summed E-state index contributed by atoms with van der Waals surface area (Å²) in [5.74, 6) is 0. The van der Waals surface area contributed by atoms with Crippen LogP contribution >= 0.6 is 23.2 Å². The van der Waals surface area contributed by atoms with E-state index in [-0.39, 0.29) is 32.8 Å². The van der Waals surface area contributed by atoms with E-state index in [0.717, 1.165) is 12.1 Å². The third-order valence-electron chi connectivity index (χ3n) is 2.58. The van der Waals surface area contributed by atoms with Crippen LogP contribution in [-0.4, -0.2) is 9.85 Å². The van der Waals surface area contributed by atoms with Crippen LogP contribution in [0.15, 0.2) is 36.4 Å². The number of nitrogens with one attached hydrogen (secondary N) is 1. The number of nitro groups is 2. The summed E-state index contributed by atoms with van der Waals surface area (Å²) in [6.07, 6.45) is 0. The molecule has 0 aromatic heterocycles. The van der Waals surface area contributed by atoms with Crippen molar-refractivity contribution >= 4 is 46.0 Å². The standard InChI is InChI=1S/C12H7Cl2N3O4/c13-7-1-3-9(11(5-7)16(18)19)15-10-4-2-8(14)6-12(10)17(20)21/h1-6,15H. The van der Waals surface area contributed by atoms with Crippen LogP contribution in [0, 0.1) is 20.2 Å². The molecule has 0 saturated carbocycles. The Hall–Kier alpha value is -2.38. The Morgan fingerprint density at radius 1 is 0.810 bits per heavy atom. The molecule has 108 valence electrons. The maximum atomic E-state index is 11.0. The van der Waals surface area contributed by atoms with E-state index in [0.29, 0.717) is 0 Å². The zero-order valence-electron chi connectivity index (χ0n) is 10.2. The van der Waals surface area contributed by atoms with Crippen LogP contribution in [0.1, 0.15) is 0 Å². The molecule has 2 aromatic rings. The van der Waals surface area contributed by atoms with E-state index in [1.165, 1.54) is 24.3 Å². The minimum Gasteiger partial charge on any atom is -0.344 e. The number of hydrogen-bond acceptors (Lipinski definition) is 5. The van der Waals surface area contributed by atoms with Gasteiger partial charge in [-0.25, -0.2) is 0 Å². The SMILES string of the molecule is O=[N+]([O-])c1cc(Cl)ccc1Nc1ccc(Cl)cc1[N+](=O)[O-]. The summed E-state index contributed by atoms with van der Waals surface area (Å²) in [6, 6.07) is 7.95. The van der Waals surface area contributed by atoms with Gasteiger partial charge in [0, 0.05) is 22.2 Å². The fraction of sp³-hybridized carbons (Fsp3) is 0. The highest BCUT2D eigenvalue weighted by molar-refractivity contribution is 6.31. The predicted octanol–water partition coefficient (Wildman–Crippen LogP) is 4.55. The van der Waals surface area contributed by atoms with Crippen molar-refractivity contribution in [2.45, 2.75) is 0 Å². The van der Waals surface area contributed by atoms with Gasteiger partial charge in [0.15, 0.2) is 0 Å². The van der Waals surface area contributed by atoms with Crippen molar-refractivity contribution in [3.8, 4) is 0 Å². The molecule has 21 heavy (non-hydrogen) atoms. The number of anilines is 2. The van der Waals surface area contributed by atoms with Crippen molar-refractivity contribution in [1.29, 1.82) is 0 Å². The van der Waals surface area contributed by atoms with Gasteiger partial charge in [0.2, 0.25) is 0 Å². The van der Waals surface area contributed by atoms with E-state index in [1.807, 2.05) is 0 Å². The second-order valence-electron chi connectivity index (χ2n) is 3.96. The van der Waals surface area contributed by atoms with Crippen LogP contribution in [0.25, 0.3) is 0 Å². The maximum Gasteiger partial charge on any atom is 0.294 e. The fourth-order valence-corrected chi connectivity index (χ4v) is 2.00. The lowest BCUT2D eigenvalue weighted by Crippen LogP contribution is -2.00. The Kier molecular flexibility index (Phi) is 4.25. The lowest BCUT2D eigenvalue weighted by atomic mass is 10.2. The summed E-state index contributed by atoms with van der Waals surface area (Å²) in [6.45, 7) is 0. The number of rotatable bonds is 4. The second-order valence-corrected chi connectivity index (χ2v) is 4.84. The van der Waals surface area contributed by atoms with E-state index < -0.39 is 9.85 Å². The summed E-state index contributed by atoms with van der Waals surface area (Å²) in [5.41, 5.74) is -0.386. The Morgan fingerprint density at radius 3 is 1.52 bits per heavy atom. The summed E-state index contributed by atoms with van der Waals surface area (Å²) < 4.78 is 0. The van der Waals surface area contributed by atoms with E-state index in [9.17, 15) is 20.2 Å². The molecule has 7 nitrogen and oxygen atoms in total. The van der Waals surface area contributed by atoms with E-state index in [4.69, 9.17) is 23.2 Å². The molecule has 0 aliphatic heterocycles. The average Bonchev–Trinajstić information content (AvgIpc) is 2.42. The van der Waals surface area contributed by atoms with Crippen LogP contribution in [0.3, 0.4) is 0 Å². The summed E-state index contributed by atoms with van der Waals surface area (Å²) in [5, 5.41) is 25.0. The number of nitro benzene ring substituents is 2. The Balaban J connectivity index is 2.48. The Labute approximate surface area is 128 Å². The summed E-state index contributed by atoms with van der Waals surface area (Å²) >= 11 is 11.4. The molecule has 2 rings (SSSR count). The lowest BCUT2D eigenvalue weighted by Gasteiger charge is -2.08. The van der Waals surface area contributed by atoms with Crippen molar-refractivity contribution in [2.24, 2.45) is 0 Å². The van der Waals surface area contributed by atoms with Crippen molar-refractivity contribution < 1.29 is 9.85 Å². The van der Waals surface area contributed by atoms with Gasteiger partial charge in [-0.3, -0.25) is 20.2 Å². The van der Waals surface area contributed by atoms with Gasteiger partial charge in [-0.1, -0.05) is 23.2 Å². The van der Waals surface area contributed by atoms with Gasteiger partial charge in [0.1, 0.15) is 11.4 Å². The van der Waals surface area contributed by atoms with Gasteiger partial charge in [-0.05, 0) is 24.3 Å². The number of benzene rings is 2. The molecule has 0 aliphatic carbocycles. The van der Waals surface area contributed by atoms with Gasteiger partial charge < -0.3 is 5.32 Å². The monoisotopic (exact) mass is 327 g/mol. The fourth-order valence-electron chi connectivity index (χ4n) is 1.67. The average molecular weight is 328 g/mol. The first-order valence-electron chi connectivity index (χ1n) is 5.53. The molecule has 0 amide bonds. The molecule has 0 unspecified atom stereocenters. The minimum absolute atomic E-state index is 0.0924. The predicted molar refractivity (Wildman–Crippen MR) is 79.5 cm³/mol. The molecule has 0 spiro atoms. The van der Waals surface area contributed by atoms with Crippen LogP contribution in [0.5, 0.6) is 0 Å². The van der Waals surface area contributed by atoms with E-state index >= 15 is 0 Å². The molecule has 9 heteroatoms. The van der Waals surface area contributed by atoms with Gasteiger partial charge in [-0.15, -0.1) is 0 Å². The lowest BCUT2D eigenvalue weighted by molar-refractivity contribution is -0.384. The van der Waals surface area contributed by atoms with Crippen molar-refractivity contribution in [1.82, 2.24) is 0 Å². The first kappa shape index (κ1) is 15.0. The number of halogens is 2. The molecule has 0 radical (unpaired) electrons. The molecule has 2 aromatic carbocycles. The molecule has 0 heterocycles. The number of nitrogens with zero attached hydrogens (tertiary/aromatic N) is 2. The van der Waals surface area contributed by atoms with Crippen LogP contribution < -0.4 is 5.32 Å². The van der Waals surface area contributed by atoms with Gasteiger partial charge in [0.05, 0.1) is 9.85 Å². The Morgan fingerprint density at radius 2 is 1.19 bits per heavy atom. The van der Waals surface area contributed by atoms with Crippen LogP contribution in [0.4, 0.5) is 22.7 Å². The molecule has 0 fully saturated rings. The van der Waals surface area contributed by atoms with Gasteiger partial charge in [0.25, 0.3) is 11.4 Å². The molecule has 0 aliphatic rings. The third-order valence-corrected chi connectivity index (χ3v) is 3.05. The third kappa shape index (κ3) is 3.39. The largest absolute Gasteiger partial charge is 0.344 e. The minimum atomic E-state index is -0.629. The molecule has 0 saturated heterocycles. The highest BCUT2D eigenvalue weighted by Crippen LogP contribution is 2.35. The zero-order valence-corrected chi connectivity index (χ0v) is 11.8.